The normalized spacial score (nSPS) is 25.9. The molecule has 0 aromatic heterocycles. The molecule has 47 heavy (non-hydrogen) atoms. The zero-order valence-corrected chi connectivity index (χ0v) is 29.2. The second-order valence-corrected chi connectivity index (χ2v) is 13.8. The predicted molar refractivity (Wildman–Crippen MR) is 187 cm³/mol. The average Bonchev–Trinajstić information content (AvgIpc) is 3.64. The fourth-order valence-corrected chi connectivity index (χ4v) is 8.77. The summed E-state index contributed by atoms with van der Waals surface area (Å²) < 4.78 is 12.4. The smallest absolute Gasteiger partial charge is 0.253 e. The average molecular weight is 709 g/mol. The number of ether oxygens (including phenoxy) is 2. The first-order chi connectivity index (χ1) is 22.6. The molecular formula is C37H46BrN3O6. The van der Waals surface area contributed by atoms with Crippen LogP contribution in [0.15, 0.2) is 67.8 Å². The molecule has 9 nitrogen and oxygen atoms in total. The van der Waals surface area contributed by atoms with Crippen LogP contribution in [-0.2, 0) is 19.1 Å². The Kier molecular flexibility index (Phi) is 10.9. The van der Waals surface area contributed by atoms with Gasteiger partial charge >= 0.3 is 0 Å². The van der Waals surface area contributed by atoms with Gasteiger partial charge in [0.25, 0.3) is 5.91 Å². The number of carbonyl (C=O) groups excluding carboxylic acids is 3. The Labute approximate surface area is 286 Å². The van der Waals surface area contributed by atoms with Gasteiger partial charge in [-0.15, -0.1) is 13.2 Å². The van der Waals surface area contributed by atoms with Gasteiger partial charge in [0, 0.05) is 42.4 Å². The third-order valence-electron chi connectivity index (χ3n) is 9.69. The van der Waals surface area contributed by atoms with E-state index in [1.165, 1.54) is 0 Å². The van der Waals surface area contributed by atoms with Crippen LogP contribution in [0.2, 0.25) is 0 Å². The largest absolute Gasteiger partial charge is 0.494 e. The van der Waals surface area contributed by atoms with E-state index in [1.54, 1.807) is 26.9 Å². The van der Waals surface area contributed by atoms with Gasteiger partial charge in [-0.2, -0.15) is 0 Å². The van der Waals surface area contributed by atoms with Crippen molar-refractivity contribution in [2.45, 2.75) is 69.0 Å². The van der Waals surface area contributed by atoms with E-state index < -0.39 is 29.6 Å². The van der Waals surface area contributed by atoms with Gasteiger partial charge in [-0.3, -0.25) is 14.4 Å². The number of rotatable bonds is 15. The van der Waals surface area contributed by atoms with Crippen molar-refractivity contribution in [2.24, 2.45) is 11.8 Å². The molecule has 3 amide bonds. The Hall–Kier alpha value is -3.47. The van der Waals surface area contributed by atoms with Crippen molar-refractivity contribution in [1.29, 1.82) is 0 Å². The number of aliphatic hydroxyl groups excluding tert-OH is 1. The topological polar surface area (TPSA) is 99.6 Å². The third-order valence-corrected chi connectivity index (χ3v) is 10.5. The van der Waals surface area contributed by atoms with Gasteiger partial charge < -0.3 is 29.3 Å². The number of nitrogens with zero attached hydrogens (tertiary/aromatic N) is 3. The van der Waals surface area contributed by atoms with Crippen molar-refractivity contribution in [3.8, 4) is 5.75 Å². The third kappa shape index (κ3) is 6.27. The molecule has 2 bridgehead atoms. The van der Waals surface area contributed by atoms with Gasteiger partial charge in [0.05, 0.1) is 24.5 Å². The number of likely N-dealkylation sites (tertiary alicyclic amines) is 1. The summed E-state index contributed by atoms with van der Waals surface area (Å²) in [4.78, 5) is 49.0. The Morgan fingerprint density at radius 3 is 2.32 bits per heavy atom. The molecule has 0 aliphatic carbocycles. The molecule has 10 heteroatoms. The number of aryl methyl sites for hydroxylation is 2. The molecule has 0 saturated carbocycles. The minimum Gasteiger partial charge on any atom is -0.494 e. The minimum atomic E-state index is -1.20. The number of amides is 3. The number of para-hydroxylation sites is 1. The molecule has 2 aromatic carbocycles. The zero-order valence-electron chi connectivity index (χ0n) is 27.6. The molecule has 1 N–H and O–H groups in total. The summed E-state index contributed by atoms with van der Waals surface area (Å²) in [6, 6.07) is 12.3. The number of benzene rings is 2. The van der Waals surface area contributed by atoms with Gasteiger partial charge in [-0.25, -0.2) is 0 Å². The zero-order chi connectivity index (χ0) is 33.9. The molecule has 1 spiro atoms. The number of fused-ring (bicyclic) bond motifs is 1. The number of alkyl halides is 1. The molecule has 2 aromatic rings. The lowest BCUT2D eigenvalue weighted by molar-refractivity contribution is -0.140. The standard InChI is InChI=1S/C37H46BrN3O6/c1-6-19-39(26-15-17-27(18-16-26)46-8-3)34(43)29-30-35(44)41(21-10-9-11-22-42)33(37(30)23-28(38)32(29)47-37)36(45)40(20-7-2)31-24(4)13-12-14-25(31)5/h6-7,12-18,28-30,32-33,42H,1-2,8-11,19-23H2,3-5H3/t28?,29-,30-,32-,33?,37?/m0/s1. The van der Waals surface area contributed by atoms with Crippen LogP contribution in [0.3, 0.4) is 0 Å². The number of anilines is 2. The summed E-state index contributed by atoms with van der Waals surface area (Å²) in [6.07, 6.45) is 5.09. The van der Waals surface area contributed by atoms with E-state index in [9.17, 15) is 19.5 Å². The van der Waals surface area contributed by atoms with Crippen LogP contribution >= 0.6 is 15.9 Å². The highest BCUT2D eigenvalue weighted by atomic mass is 79.9. The Morgan fingerprint density at radius 1 is 1.04 bits per heavy atom. The molecule has 5 rings (SSSR count). The number of hydrogen-bond acceptors (Lipinski definition) is 6. The molecular weight excluding hydrogens is 662 g/mol. The maximum atomic E-state index is 15.0. The number of halogens is 1. The van der Waals surface area contributed by atoms with Crippen molar-refractivity contribution in [1.82, 2.24) is 4.90 Å². The highest BCUT2D eigenvalue weighted by Crippen LogP contribution is 2.60. The van der Waals surface area contributed by atoms with Crippen molar-refractivity contribution in [3.63, 3.8) is 0 Å². The maximum Gasteiger partial charge on any atom is 0.253 e. The van der Waals surface area contributed by atoms with Gasteiger partial charge in [0.15, 0.2) is 0 Å². The van der Waals surface area contributed by atoms with Crippen LogP contribution in [0.5, 0.6) is 5.75 Å². The number of carbonyl (C=O) groups is 3. The van der Waals surface area contributed by atoms with Crippen LogP contribution < -0.4 is 14.5 Å². The number of aliphatic hydroxyl groups is 1. The van der Waals surface area contributed by atoms with E-state index in [2.05, 4.69) is 29.1 Å². The van der Waals surface area contributed by atoms with Crippen LogP contribution in [0.1, 0.15) is 43.7 Å². The monoisotopic (exact) mass is 707 g/mol. The second-order valence-electron chi connectivity index (χ2n) is 12.6. The number of unbranched alkanes of at least 4 members (excludes halogenated alkanes) is 2. The fraction of sp³-hybridized carbons (Fsp3) is 0.486. The Bertz CT molecular complexity index is 1480. The van der Waals surface area contributed by atoms with Crippen molar-refractivity contribution in [3.05, 3.63) is 78.9 Å². The van der Waals surface area contributed by atoms with E-state index in [0.29, 0.717) is 50.3 Å². The lowest BCUT2D eigenvalue weighted by atomic mass is 9.70. The number of hydrogen-bond donors (Lipinski definition) is 1. The lowest BCUT2D eigenvalue weighted by Crippen LogP contribution is -2.57. The summed E-state index contributed by atoms with van der Waals surface area (Å²) in [5.41, 5.74) is 2.12. The van der Waals surface area contributed by atoms with E-state index in [1.807, 2.05) is 63.2 Å². The molecule has 3 heterocycles. The molecule has 252 valence electrons. The molecule has 3 unspecified atom stereocenters. The first kappa shape index (κ1) is 34.9. The highest BCUT2D eigenvalue weighted by molar-refractivity contribution is 9.09. The van der Waals surface area contributed by atoms with Crippen molar-refractivity contribution >= 4 is 45.0 Å². The highest BCUT2D eigenvalue weighted by Gasteiger charge is 2.77. The Balaban J connectivity index is 1.57. The van der Waals surface area contributed by atoms with Crippen LogP contribution in [0, 0.1) is 25.7 Å². The van der Waals surface area contributed by atoms with E-state index in [4.69, 9.17) is 9.47 Å². The van der Waals surface area contributed by atoms with Gasteiger partial charge in [-0.05, 0) is 81.8 Å². The van der Waals surface area contributed by atoms with Crippen LogP contribution in [0.25, 0.3) is 0 Å². The Morgan fingerprint density at radius 2 is 1.70 bits per heavy atom. The van der Waals surface area contributed by atoms with Crippen molar-refractivity contribution in [2.75, 3.05) is 42.6 Å². The molecule has 3 aliphatic rings. The summed E-state index contributed by atoms with van der Waals surface area (Å²) >= 11 is 3.80. The van der Waals surface area contributed by atoms with Gasteiger partial charge in [0.2, 0.25) is 11.8 Å². The minimum absolute atomic E-state index is 0.0554. The van der Waals surface area contributed by atoms with Gasteiger partial charge in [0.1, 0.15) is 17.4 Å². The summed E-state index contributed by atoms with van der Waals surface area (Å²) in [6.45, 7) is 15.1. The first-order valence-electron chi connectivity index (χ1n) is 16.5. The van der Waals surface area contributed by atoms with E-state index in [-0.39, 0.29) is 42.2 Å². The second kappa shape index (κ2) is 14.7. The summed E-state index contributed by atoms with van der Waals surface area (Å²) in [5.74, 6) is -1.67. The maximum absolute atomic E-state index is 15.0. The van der Waals surface area contributed by atoms with E-state index >= 15 is 0 Å². The fourth-order valence-electron chi connectivity index (χ4n) is 7.82. The lowest BCUT2D eigenvalue weighted by Gasteiger charge is -2.38. The van der Waals surface area contributed by atoms with Crippen molar-refractivity contribution < 1.29 is 29.0 Å². The predicted octanol–water partition coefficient (Wildman–Crippen LogP) is 5.35. The molecule has 3 saturated heterocycles. The van der Waals surface area contributed by atoms with Crippen LogP contribution in [0.4, 0.5) is 11.4 Å². The molecule has 0 radical (unpaired) electrons. The SMILES string of the molecule is C=CCN(C(=O)[C@H]1[C@H]2C(=O)N(CCCCCO)C(C(=O)N(CC=C)c3c(C)cccc3C)C23CC(Br)[C@@H]1O3)c1ccc(OCC)cc1. The van der Waals surface area contributed by atoms with Gasteiger partial charge in [-0.1, -0.05) is 46.3 Å². The van der Waals surface area contributed by atoms with E-state index in [0.717, 1.165) is 16.8 Å². The summed E-state index contributed by atoms with van der Waals surface area (Å²) in [5, 5.41) is 9.40. The quantitative estimate of drug-likeness (QED) is 0.152. The summed E-state index contributed by atoms with van der Waals surface area (Å²) in [7, 11) is 0. The molecule has 6 atom stereocenters. The molecule has 3 aliphatic heterocycles. The molecule has 3 fully saturated rings. The first-order valence-corrected chi connectivity index (χ1v) is 17.4. The van der Waals surface area contributed by atoms with Crippen LogP contribution in [-0.4, -0.2) is 83.2 Å².